The van der Waals surface area contributed by atoms with Gasteiger partial charge in [-0.2, -0.15) is 0 Å². The lowest BCUT2D eigenvalue weighted by atomic mass is 10.1. The molecule has 1 aliphatic rings. The van der Waals surface area contributed by atoms with E-state index in [0.717, 1.165) is 36.8 Å². The lowest BCUT2D eigenvalue weighted by Gasteiger charge is -2.30. The molecule has 1 aromatic heterocycles. The first-order chi connectivity index (χ1) is 8.63. The number of carbonyl (C=O) groups is 1. The third-order valence-corrected chi connectivity index (χ3v) is 4.10. The summed E-state index contributed by atoms with van der Waals surface area (Å²) in [5, 5.41) is 6.16. The second-order valence-electron chi connectivity index (χ2n) is 4.95. The molecule has 0 spiro atoms. The van der Waals surface area contributed by atoms with Gasteiger partial charge in [0.2, 0.25) is 5.91 Å². The van der Waals surface area contributed by atoms with Gasteiger partial charge in [-0.05, 0) is 25.3 Å². The monoisotopic (exact) mass is 267 g/mol. The fraction of sp³-hybridized carbons (Fsp3) is 0.692. The topological polar surface area (TPSA) is 45.2 Å². The molecular weight excluding hydrogens is 246 g/mol. The second-order valence-corrected chi connectivity index (χ2v) is 5.79. The fourth-order valence-electron chi connectivity index (χ4n) is 2.17. The summed E-state index contributed by atoms with van der Waals surface area (Å²) < 4.78 is 0. The molecule has 0 saturated carbocycles. The molecule has 100 valence electrons. The largest absolute Gasteiger partial charge is 0.306 e. The van der Waals surface area contributed by atoms with Gasteiger partial charge in [0.1, 0.15) is 0 Å². The van der Waals surface area contributed by atoms with Crippen LogP contribution in [0.15, 0.2) is 5.38 Å². The number of amides is 1. The van der Waals surface area contributed by atoms with E-state index in [-0.39, 0.29) is 11.9 Å². The molecule has 5 heteroatoms. The predicted molar refractivity (Wildman–Crippen MR) is 75.3 cm³/mol. The molecule has 4 nitrogen and oxygen atoms in total. The predicted octanol–water partition coefficient (Wildman–Crippen LogP) is 2.37. The molecule has 1 aliphatic heterocycles. The number of anilines is 1. The van der Waals surface area contributed by atoms with Gasteiger partial charge in [0.15, 0.2) is 5.13 Å². The summed E-state index contributed by atoms with van der Waals surface area (Å²) in [5.74, 6) is 0.590. The molecule has 1 amide bonds. The minimum atomic E-state index is -0.0323. The molecule has 1 N–H and O–H groups in total. The smallest absolute Gasteiger partial charge is 0.245 e. The molecule has 0 bridgehead atoms. The van der Waals surface area contributed by atoms with Crippen molar-refractivity contribution in [3.8, 4) is 0 Å². The van der Waals surface area contributed by atoms with E-state index in [1.54, 1.807) is 11.3 Å². The van der Waals surface area contributed by atoms with Crippen molar-refractivity contribution >= 4 is 22.4 Å². The summed E-state index contributed by atoms with van der Waals surface area (Å²) in [7, 11) is 0. The first-order valence-corrected chi connectivity index (χ1v) is 7.51. The quantitative estimate of drug-likeness (QED) is 0.911. The number of aromatic nitrogens is 1. The van der Waals surface area contributed by atoms with Crippen LogP contribution in [0.2, 0.25) is 0 Å². The van der Waals surface area contributed by atoms with Crippen LogP contribution in [0.5, 0.6) is 0 Å². The number of hydrogen-bond acceptors (Lipinski definition) is 4. The number of carbonyl (C=O) groups excluding carboxylic acids is 1. The van der Waals surface area contributed by atoms with Crippen molar-refractivity contribution in [1.29, 1.82) is 0 Å². The van der Waals surface area contributed by atoms with Gasteiger partial charge < -0.3 is 5.32 Å². The molecular formula is C13H21N3OS. The summed E-state index contributed by atoms with van der Waals surface area (Å²) in [4.78, 5) is 18.7. The molecule has 2 heterocycles. The number of likely N-dealkylation sites (N-methyl/N-ethyl adjacent to an activating group) is 1. The van der Waals surface area contributed by atoms with Crippen LogP contribution in [0.1, 0.15) is 45.2 Å². The summed E-state index contributed by atoms with van der Waals surface area (Å²) in [6, 6.07) is -0.0323. The van der Waals surface area contributed by atoms with Gasteiger partial charge in [-0.15, -0.1) is 11.3 Å². The maximum Gasteiger partial charge on any atom is 0.245 e. The first-order valence-electron chi connectivity index (χ1n) is 6.63. The van der Waals surface area contributed by atoms with Crippen LogP contribution in [-0.4, -0.2) is 30.0 Å². The van der Waals surface area contributed by atoms with Crippen molar-refractivity contribution in [2.24, 2.45) is 0 Å². The second kappa shape index (κ2) is 5.80. The minimum absolute atomic E-state index is 0.0323. The number of piperidine rings is 1. The highest BCUT2D eigenvalue weighted by Crippen LogP contribution is 2.27. The van der Waals surface area contributed by atoms with Gasteiger partial charge in [0, 0.05) is 11.9 Å². The van der Waals surface area contributed by atoms with E-state index in [1.165, 1.54) is 0 Å². The first kappa shape index (κ1) is 13.5. The zero-order valence-corrected chi connectivity index (χ0v) is 12.1. The standard InChI is InChI=1S/C13H21N3OS/c1-4-14-10-6-5-7-16(12(10)17)13-15-11(8-18-13)9(2)3/h8-10,14H,4-7H2,1-3H3. The highest BCUT2D eigenvalue weighted by atomic mass is 32.1. The molecule has 2 rings (SSSR count). The number of thiazole rings is 1. The van der Waals surface area contributed by atoms with Crippen LogP contribution in [0.4, 0.5) is 5.13 Å². The molecule has 0 aromatic carbocycles. The molecule has 0 aliphatic carbocycles. The van der Waals surface area contributed by atoms with Gasteiger partial charge in [-0.1, -0.05) is 20.8 Å². The normalized spacial score (nSPS) is 20.8. The SMILES string of the molecule is CCNC1CCCN(c2nc(C(C)C)cs2)C1=O. The molecule has 0 radical (unpaired) electrons. The Morgan fingerprint density at radius 2 is 2.39 bits per heavy atom. The van der Waals surface area contributed by atoms with Crippen molar-refractivity contribution in [3.63, 3.8) is 0 Å². The Bertz CT molecular complexity index is 414. The Morgan fingerprint density at radius 3 is 3.00 bits per heavy atom. The Balaban J connectivity index is 2.13. The van der Waals surface area contributed by atoms with Crippen molar-refractivity contribution in [3.05, 3.63) is 11.1 Å². The Kier molecular flexibility index (Phi) is 4.35. The van der Waals surface area contributed by atoms with E-state index in [0.29, 0.717) is 5.92 Å². The van der Waals surface area contributed by atoms with Crippen molar-refractivity contribution < 1.29 is 4.79 Å². The highest BCUT2D eigenvalue weighted by molar-refractivity contribution is 7.14. The van der Waals surface area contributed by atoms with E-state index in [1.807, 2.05) is 11.8 Å². The number of nitrogens with one attached hydrogen (secondary N) is 1. The summed E-state index contributed by atoms with van der Waals surface area (Å²) >= 11 is 1.57. The summed E-state index contributed by atoms with van der Waals surface area (Å²) in [6.07, 6.45) is 1.98. The lowest BCUT2D eigenvalue weighted by Crippen LogP contribution is -2.50. The average molecular weight is 267 g/mol. The van der Waals surface area contributed by atoms with E-state index in [9.17, 15) is 4.79 Å². The number of hydrogen-bond donors (Lipinski definition) is 1. The Hall–Kier alpha value is -0.940. The zero-order valence-electron chi connectivity index (χ0n) is 11.3. The third kappa shape index (κ3) is 2.72. The fourth-order valence-corrected chi connectivity index (χ4v) is 3.18. The van der Waals surface area contributed by atoms with Crippen molar-refractivity contribution in [2.45, 2.75) is 45.6 Å². The molecule has 1 atom stereocenters. The van der Waals surface area contributed by atoms with E-state index >= 15 is 0 Å². The molecule has 1 unspecified atom stereocenters. The van der Waals surface area contributed by atoms with Gasteiger partial charge >= 0.3 is 0 Å². The van der Waals surface area contributed by atoms with Gasteiger partial charge in [0.25, 0.3) is 0 Å². The van der Waals surface area contributed by atoms with Crippen LogP contribution in [0.3, 0.4) is 0 Å². The van der Waals surface area contributed by atoms with Crippen molar-refractivity contribution in [2.75, 3.05) is 18.0 Å². The molecule has 1 saturated heterocycles. The van der Waals surface area contributed by atoms with E-state index in [2.05, 4.69) is 29.5 Å². The van der Waals surface area contributed by atoms with E-state index < -0.39 is 0 Å². The maximum atomic E-state index is 12.3. The maximum absolute atomic E-state index is 12.3. The van der Waals surface area contributed by atoms with Crippen LogP contribution in [0, 0.1) is 0 Å². The number of rotatable bonds is 4. The van der Waals surface area contributed by atoms with Gasteiger partial charge in [0.05, 0.1) is 11.7 Å². The van der Waals surface area contributed by atoms with Crippen LogP contribution < -0.4 is 10.2 Å². The zero-order chi connectivity index (χ0) is 13.1. The average Bonchev–Trinajstić information content (AvgIpc) is 2.81. The molecule has 18 heavy (non-hydrogen) atoms. The van der Waals surface area contributed by atoms with Crippen LogP contribution in [0.25, 0.3) is 0 Å². The minimum Gasteiger partial charge on any atom is -0.306 e. The van der Waals surface area contributed by atoms with Crippen LogP contribution >= 0.6 is 11.3 Å². The van der Waals surface area contributed by atoms with E-state index in [4.69, 9.17) is 0 Å². The Labute approximate surface area is 112 Å². The lowest BCUT2D eigenvalue weighted by molar-refractivity contribution is -0.121. The summed E-state index contributed by atoms with van der Waals surface area (Å²) in [5.41, 5.74) is 1.08. The van der Waals surface area contributed by atoms with Crippen molar-refractivity contribution in [1.82, 2.24) is 10.3 Å². The van der Waals surface area contributed by atoms with Gasteiger partial charge in [-0.3, -0.25) is 9.69 Å². The summed E-state index contributed by atoms with van der Waals surface area (Å²) in [6.45, 7) is 7.91. The third-order valence-electron chi connectivity index (χ3n) is 3.22. The molecule has 1 aromatic rings. The Morgan fingerprint density at radius 1 is 1.61 bits per heavy atom. The number of nitrogens with zero attached hydrogens (tertiary/aromatic N) is 2. The molecule has 1 fully saturated rings. The highest BCUT2D eigenvalue weighted by Gasteiger charge is 2.30. The van der Waals surface area contributed by atoms with Crippen LogP contribution in [-0.2, 0) is 4.79 Å². The van der Waals surface area contributed by atoms with Gasteiger partial charge in [-0.25, -0.2) is 4.98 Å².